The number of benzene rings is 3. The van der Waals surface area contributed by atoms with Crippen LogP contribution in [0.1, 0.15) is 12.0 Å². The SMILES string of the molecule is COc1ccc(F)cc1S(=O)(=O)Nc1ccc2c(c1)CCCN2S(=O)(=O)c1ccccc1. The summed E-state index contributed by atoms with van der Waals surface area (Å²) in [5, 5.41) is 0. The molecule has 0 unspecified atom stereocenters. The molecule has 3 aromatic carbocycles. The van der Waals surface area contributed by atoms with E-state index in [0.29, 0.717) is 30.6 Å². The zero-order valence-electron chi connectivity index (χ0n) is 17.2. The topological polar surface area (TPSA) is 92.8 Å². The van der Waals surface area contributed by atoms with E-state index in [-0.39, 0.29) is 21.2 Å². The fourth-order valence-electron chi connectivity index (χ4n) is 3.67. The molecule has 3 aromatic rings. The number of nitrogens with zero attached hydrogens (tertiary/aromatic N) is 1. The van der Waals surface area contributed by atoms with E-state index < -0.39 is 25.9 Å². The molecule has 0 spiro atoms. The number of halogens is 1. The minimum Gasteiger partial charge on any atom is -0.495 e. The molecule has 0 aromatic heterocycles. The van der Waals surface area contributed by atoms with Crippen molar-refractivity contribution in [1.29, 1.82) is 0 Å². The number of ether oxygens (including phenoxy) is 1. The Hall–Kier alpha value is -3.11. The van der Waals surface area contributed by atoms with Gasteiger partial charge in [-0.25, -0.2) is 21.2 Å². The third-order valence-corrected chi connectivity index (χ3v) is 8.38. The van der Waals surface area contributed by atoms with Gasteiger partial charge in [0.25, 0.3) is 20.0 Å². The summed E-state index contributed by atoms with van der Waals surface area (Å²) in [5.74, 6) is -0.699. The van der Waals surface area contributed by atoms with E-state index in [0.717, 1.165) is 12.1 Å². The van der Waals surface area contributed by atoms with E-state index in [1.165, 1.54) is 23.5 Å². The second-order valence-electron chi connectivity index (χ2n) is 7.24. The number of anilines is 2. The van der Waals surface area contributed by atoms with Gasteiger partial charge >= 0.3 is 0 Å². The quantitative estimate of drug-likeness (QED) is 0.585. The molecule has 0 atom stereocenters. The molecule has 0 bridgehead atoms. The van der Waals surface area contributed by atoms with E-state index in [1.54, 1.807) is 42.5 Å². The van der Waals surface area contributed by atoms with E-state index in [4.69, 9.17) is 4.74 Å². The first-order valence-corrected chi connectivity index (χ1v) is 12.7. The molecule has 7 nitrogen and oxygen atoms in total. The Labute approximate surface area is 186 Å². The summed E-state index contributed by atoms with van der Waals surface area (Å²) in [5.41, 5.74) is 1.45. The molecule has 0 saturated carbocycles. The van der Waals surface area contributed by atoms with Crippen LogP contribution in [0.2, 0.25) is 0 Å². The molecule has 1 aliphatic heterocycles. The summed E-state index contributed by atoms with van der Waals surface area (Å²) in [6.45, 7) is 0.329. The molecule has 168 valence electrons. The number of aryl methyl sites for hydroxylation is 1. The summed E-state index contributed by atoms with van der Waals surface area (Å²) in [4.78, 5) is -0.137. The number of hydrogen-bond acceptors (Lipinski definition) is 5. The third-order valence-electron chi connectivity index (χ3n) is 5.15. The highest BCUT2D eigenvalue weighted by Crippen LogP contribution is 2.35. The Morgan fingerprint density at radius 3 is 2.44 bits per heavy atom. The Morgan fingerprint density at radius 2 is 1.72 bits per heavy atom. The average molecular weight is 477 g/mol. The second-order valence-corrected chi connectivity index (χ2v) is 10.8. The molecule has 0 radical (unpaired) electrons. The van der Waals surface area contributed by atoms with E-state index >= 15 is 0 Å². The second kappa shape index (κ2) is 8.44. The van der Waals surface area contributed by atoms with Gasteiger partial charge < -0.3 is 4.74 Å². The van der Waals surface area contributed by atoms with Crippen molar-refractivity contribution in [1.82, 2.24) is 0 Å². The molecule has 0 saturated heterocycles. The fraction of sp³-hybridized carbons (Fsp3) is 0.182. The Kier molecular flexibility index (Phi) is 5.83. The highest BCUT2D eigenvalue weighted by Gasteiger charge is 2.29. The minimum absolute atomic E-state index is 0.0111. The Balaban J connectivity index is 1.67. The molecule has 1 aliphatic rings. The van der Waals surface area contributed by atoms with Gasteiger partial charge in [-0.2, -0.15) is 0 Å². The number of methoxy groups -OCH3 is 1. The maximum absolute atomic E-state index is 13.7. The molecule has 0 amide bonds. The molecule has 10 heteroatoms. The van der Waals surface area contributed by atoms with Crippen molar-refractivity contribution in [2.24, 2.45) is 0 Å². The van der Waals surface area contributed by atoms with Crippen molar-refractivity contribution in [3.8, 4) is 5.75 Å². The summed E-state index contributed by atoms with van der Waals surface area (Å²) >= 11 is 0. The summed E-state index contributed by atoms with van der Waals surface area (Å²) < 4.78 is 74.4. The highest BCUT2D eigenvalue weighted by molar-refractivity contribution is 7.93. The van der Waals surface area contributed by atoms with Gasteiger partial charge in [-0.05, 0) is 66.9 Å². The van der Waals surface area contributed by atoms with Gasteiger partial charge in [0.05, 0.1) is 17.7 Å². The van der Waals surface area contributed by atoms with E-state index in [2.05, 4.69) is 4.72 Å². The molecule has 1 heterocycles. The summed E-state index contributed by atoms with van der Waals surface area (Å²) in [7, 11) is -6.58. The molecule has 4 rings (SSSR count). The number of fused-ring (bicyclic) bond motifs is 1. The van der Waals surface area contributed by atoms with Gasteiger partial charge in [0.2, 0.25) is 0 Å². The maximum Gasteiger partial charge on any atom is 0.265 e. The van der Waals surface area contributed by atoms with Gasteiger partial charge in [-0.1, -0.05) is 18.2 Å². The Bertz CT molecular complexity index is 1360. The first-order valence-electron chi connectivity index (χ1n) is 9.79. The standard InChI is InChI=1S/C22H21FN2O5S2/c1-30-21-12-9-17(23)15-22(21)31(26,27)24-18-10-11-20-16(14-18)6-5-13-25(20)32(28,29)19-7-3-2-4-8-19/h2-4,7-12,14-15,24H,5-6,13H2,1H3. The van der Waals surface area contributed by atoms with Crippen molar-refractivity contribution in [3.63, 3.8) is 0 Å². The van der Waals surface area contributed by atoms with Crippen LogP contribution in [0.4, 0.5) is 15.8 Å². The summed E-state index contributed by atoms with van der Waals surface area (Å²) in [6.07, 6.45) is 1.18. The molecule has 0 fully saturated rings. The molecular weight excluding hydrogens is 455 g/mol. The van der Waals surface area contributed by atoms with Gasteiger partial charge in [0.1, 0.15) is 16.5 Å². The molecule has 0 aliphatic carbocycles. The van der Waals surface area contributed by atoms with Crippen LogP contribution in [-0.2, 0) is 26.5 Å². The van der Waals surface area contributed by atoms with Gasteiger partial charge in [-0.15, -0.1) is 0 Å². The average Bonchev–Trinajstić information content (AvgIpc) is 2.78. The first kappa shape index (κ1) is 22.1. The van der Waals surface area contributed by atoms with Crippen molar-refractivity contribution < 1.29 is 26.0 Å². The number of rotatable bonds is 6. The first-order chi connectivity index (χ1) is 15.2. The smallest absolute Gasteiger partial charge is 0.265 e. The van der Waals surface area contributed by atoms with Crippen molar-refractivity contribution in [2.45, 2.75) is 22.6 Å². The lowest BCUT2D eigenvalue weighted by molar-refractivity contribution is 0.401. The lowest BCUT2D eigenvalue weighted by Crippen LogP contribution is -2.35. The number of hydrogen-bond donors (Lipinski definition) is 1. The number of nitrogens with one attached hydrogen (secondary N) is 1. The van der Waals surface area contributed by atoms with Crippen molar-refractivity contribution in [3.05, 3.63) is 78.1 Å². The van der Waals surface area contributed by atoms with Crippen LogP contribution < -0.4 is 13.8 Å². The highest BCUT2D eigenvalue weighted by atomic mass is 32.2. The van der Waals surface area contributed by atoms with E-state index in [9.17, 15) is 21.2 Å². The van der Waals surface area contributed by atoms with Gasteiger partial charge in [0, 0.05) is 12.2 Å². The zero-order chi connectivity index (χ0) is 22.9. The monoisotopic (exact) mass is 476 g/mol. The normalized spacial score (nSPS) is 14.0. The predicted molar refractivity (Wildman–Crippen MR) is 119 cm³/mol. The van der Waals surface area contributed by atoms with Crippen LogP contribution in [0.25, 0.3) is 0 Å². The maximum atomic E-state index is 13.7. The zero-order valence-corrected chi connectivity index (χ0v) is 18.8. The fourth-order valence-corrected chi connectivity index (χ4v) is 6.46. The van der Waals surface area contributed by atoms with E-state index in [1.807, 2.05) is 0 Å². The van der Waals surface area contributed by atoms with Gasteiger partial charge in [0.15, 0.2) is 0 Å². The predicted octanol–water partition coefficient (Wildman–Crippen LogP) is 3.78. The van der Waals surface area contributed by atoms with Crippen LogP contribution in [0.3, 0.4) is 0 Å². The Morgan fingerprint density at radius 1 is 0.969 bits per heavy atom. The van der Waals surface area contributed by atoms with Crippen molar-refractivity contribution >= 4 is 31.4 Å². The van der Waals surface area contributed by atoms with Gasteiger partial charge in [-0.3, -0.25) is 9.03 Å². The van der Waals surface area contributed by atoms with Crippen LogP contribution >= 0.6 is 0 Å². The third kappa shape index (κ3) is 4.15. The van der Waals surface area contributed by atoms with Crippen LogP contribution in [0.5, 0.6) is 5.75 Å². The van der Waals surface area contributed by atoms with Crippen LogP contribution in [-0.4, -0.2) is 30.5 Å². The minimum atomic E-state index is -4.14. The molecule has 1 N–H and O–H groups in total. The molecule has 32 heavy (non-hydrogen) atoms. The lowest BCUT2D eigenvalue weighted by Gasteiger charge is -2.31. The largest absolute Gasteiger partial charge is 0.495 e. The lowest BCUT2D eigenvalue weighted by atomic mass is 10.0. The number of sulfonamides is 2. The van der Waals surface area contributed by atoms with Crippen LogP contribution in [0.15, 0.2) is 76.5 Å². The summed E-state index contributed by atoms with van der Waals surface area (Å²) in [6, 6.07) is 16.1. The van der Waals surface area contributed by atoms with Crippen LogP contribution in [0, 0.1) is 5.82 Å². The molecular formula is C22H21FN2O5S2. The van der Waals surface area contributed by atoms with Crippen molar-refractivity contribution in [2.75, 3.05) is 22.7 Å².